The van der Waals surface area contributed by atoms with E-state index in [-0.39, 0.29) is 17.8 Å². The molecule has 1 fully saturated rings. The van der Waals surface area contributed by atoms with Gasteiger partial charge in [0.1, 0.15) is 5.82 Å². The molecule has 1 aliphatic rings. The second kappa shape index (κ2) is 5.78. The highest BCUT2D eigenvalue weighted by molar-refractivity contribution is 5.91. The van der Waals surface area contributed by atoms with E-state index in [4.69, 9.17) is 5.73 Å². The standard InChI is InChI=1S/C14H17FN2O/c15-12-4-1-11(2-5-12)3-6-14(18)17-9-7-13(16)8-10-17/h1-6,13H,7-10,16H2/b6-3+. The highest BCUT2D eigenvalue weighted by atomic mass is 19.1. The summed E-state index contributed by atoms with van der Waals surface area (Å²) in [5.41, 5.74) is 6.60. The van der Waals surface area contributed by atoms with Crippen molar-refractivity contribution in [3.63, 3.8) is 0 Å². The molecule has 1 heterocycles. The molecule has 2 rings (SSSR count). The molecule has 0 aromatic heterocycles. The van der Waals surface area contributed by atoms with Crippen molar-refractivity contribution in [2.75, 3.05) is 13.1 Å². The van der Waals surface area contributed by atoms with Crippen LogP contribution in [0.4, 0.5) is 4.39 Å². The number of carbonyl (C=O) groups excluding carboxylic acids is 1. The number of nitrogens with two attached hydrogens (primary N) is 1. The Morgan fingerprint density at radius 2 is 1.89 bits per heavy atom. The van der Waals surface area contributed by atoms with Crippen molar-refractivity contribution < 1.29 is 9.18 Å². The van der Waals surface area contributed by atoms with E-state index in [9.17, 15) is 9.18 Å². The lowest BCUT2D eigenvalue weighted by molar-refractivity contribution is -0.126. The summed E-state index contributed by atoms with van der Waals surface area (Å²) in [5.74, 6) is -0.283. The van der Waals surface area contributed by atoms with Crippen LogP contribution in [0.25, 0.3) is 6.08 Å². The molecule has 0 unspecified atom stereocenters. The molecule has 2 N–H and O–H groups in total. The number of amides is 1. The van der Waals surface area contributed by atoms with Crippen molar-refractivity contribution in [1.29, 1.82) is 0 Å². The van der Waals surface area contributed by atoms with Crippen LogP contribution in [0.3, 0.4) is 0 Å². The average molecular weight is 248 g/mol. The van der Waals surface area contributed by atoms with Crippen molar-refractivity contribution in [1.82, 2.24) is 4.90 Å². The smallest absolute Gasteiger partial charge is 0.246 e. The van der Waals surface area contributed by atoms with Gasteiger partial charge in [-0.15, -0.1) is 0 Å². The van der Waals surface area contributed by atoms with E-state index in [1.165, 1.54) is 18.2 Å². The Balaban J connectivity index is 1.92. The Labute approximate surface area is 106 Å². The van der Waals surface area contributed by atoms with Crippen LogP contribution < -0.4 is 5.73 Å². The summed E-state index contributed by atoms with van der Waals surface area (Å²) >= 11 is 0. The summed E-state index contributed by atoms with van der Waals surface area (Å²) < 4.78 is 12.7. The topological polar surface area (TPSA) is 46.3 Å². The van der Waals surface area contributed by atoms with Crippen molar-refractivity contribution in [2.24, 2.45) is 5.73 Å². The third-order valence-corrected chi connectivity index (χ3v) is 3.14. The maximum absolute atomic E-state index is 12.7. The Kier molecular flexibility index (Phi) is 4.10. The zero-order chi connectivity index (χ0) is 13.0. The molecule has 1 amide bonds. The second-order valence-corrected chi connectivity index (χ2v) is 4.55. The van der Waals surface area contributed by atoms with Gasteiger partial charge >= 0.3 is 0 Å². The summed E-state index contributed by atoms with van der Waals surface area (Å²) in [6.45, 7) is 1.43. The molecule has 1 aromatic rings. The number of nitrogens with zero attached hydrogens (tertiary/aromatic N) is 1. The fourth-order valence-electron chi connectivity index (χ4n) is 1.97. The van der Waals surface area contributed by atoms with Gasteiger partial charge in [-0.2, -0.15) is 0 Å². The van der Waals surface area contributed by atoms with Crippen molar-refractivity contribution in [2.45, 2.75) is 18.9 Å². The lowest BCUT2D eigenvalue weighted by atomic mass is 10.1. The number of hydrogen-bond donors (Lipinski definition) is 1. The van der Waals surface area contributed by atoms with Crippen LogP contribution in [0.2, 0.25) is 0 Å². The van der Waals surface area contributed by atoms with Crippen LogP contribution >= 0.6 is 0 Å². The normalized spacial score (nSPS) is 17.3. The zero-order valence-electron chi connectivity index (χ0n) is 10.2. The van der Waals surface area contributed by atoms with E-state index < -0.39 is 0 Å². The Bertz CT molecular complexity index is 434. The lowest BCUT2D eigenvalue weighted by Gasteiger charge is -2.29. The van der Waals surface area contributed by atoms with Crippen molar-refractivity contribution in [3.05, 3.63) is 41.7 Å². The molecular weight excluding hydrogens is 231 g/mol. The minimum Gasteiger partial charge on any atom is -0.339 e. The molecule has 4 heteroatoms. The summed E-state index contributed by atoms with van der Waals surface area (Å²) in [4.78, 5) is 13.7. The summed E-state index contributed by atoms with van der Waals surface area (Å²) in [7, 11) is 0. The number of benzene rings is 1. The minimum atomic E-state index is -0.275. The molecule has 0 atom stereocenters. The number of piperidine rings is 1. The summed E-state index contributed by atoms with van der Waals surface area (Å²) in [5, 5.41) is 0. The Morgan fingerprint density at radius 3 is 2.50 bits per heavy atom. The fourth-order valence-corrected chi connectivity index (χ4v) is 1.97. The predicted molar refractivity (Wildman–Crippen MR) is 69.2 cm³/mol. The third kappa shape index (κ3) is 3.40. The summed E-state index contributed by atoms with van der Waals surface area (Å²) in [6, 6.07) is 6.26. The van der Waals surface area contributed by atoms with E-state index >= 15 is 0 Å². The van der Waals surface area contributed by atoms with Gasteiger partial charge in [-0.25, -0.2) is 4.39 Å². The SMILES string of the molecule is NC1CCN(C(=O)/C=C/c2ccc(F)cc2)CC1. The lowest BCUT2D eigenvalue weighted by Crippen LogP contribution is -2.42. The molecule has 0 saturated carbocycles. The van der Waals surface area contributed by atoms with Gasteiger partial charge in [0, 0.05) is 25.2 Å². The number of halogens is 1. The molecular formula is C14H17FN2O. The summed E-state index contributed by atoms with van der Waals surface area (Å²) in [6.07, 6.45) is 4.95. The van der Waals surface area contributed by atoms with Crippen LogP contribution in [-0.2, 0) is 4.79 Å². The number of likely N-dealkylation sites (tertiary alicyclic amines) is 1. The largest absolute Gasteiger partial charge is 0.339 e. The number of carbonyl (C=O) groups is 1. The molecule has 0 spiro atoms. The van der Waals surface area contributed by atoms with Gasteiger partial charge in [0.25, 0.3) is 0 Å². The Morgan fingerprint density at radius 1 is 1.28 bits per heavy atom. The van der Waals surface area contributed by atoms with E-state index in [1.54, 1.807) is 23.1 Å². The molecule has 0 radical (unpaired) electrons. The first-order valence-electron chi connectivity index (χ1n) is 6.13. The first-order valence-corrected chi connectivity index (χ1v) is 6.13. The van der Waals surface area contributed by atoms with E-state index in [2.05, 4.69) is 0 Å². The van der Waals surface area contributed by atoms with Crippen LogP contribution in [0.1, 0.15) is 18.4 Å². The molecule has 3 nitrogen and oxygen atoms in total. The fraction of sp³-hybridized carbons (Fsp3) is 0.357. The number of hydrogen-bond acceptors (Lipinski definition) is 2. The molecule has 1 saturated heterocycles. The zero-order valence-corrected chi connectivity index (χ0v) is 10.2. The van der Waals surface area contributed by atoms with Gasteiger partial charge < -0.3 is 10.6 Å². The highest BCUT2D eigenvalue weighted by Crippen LogP contribution is 2.10. The van der Waals surface area contributed by atoms with Gasteiger partial charge in [0.2, 0.25) is 5.91 Å². The Hall–Kier alpha value is -1.68. The van der Waals surface area contributed by atoms with Gasteiger partial charge in [-0.05, 0) is 36.6 Å². The quantitative estimate of drug-likeness (QED) is 0.811. The van der Waals surface area contributed by atoms with Crippen LogP contribution in [0.15, 0.2) is 30.3 Å². The predicted octanol–water partition coefficient (Wildman–Crippen LogP) is 1.79. The van der Waals surface area contributed by atoms with E-state index in [0.29, 0.717) is 13.1 Å². The maximum Gasteiger partial charge on any atom is 0.246 e. The van der Waals surface area contributed by atoms with Crippen molar-refractivity contribution in [3.8, 4) is 0 Å². The van der Waals surface area contributed by atoms with Gasteiger partial charge in [-0.3, -0.25) is 4.79 Å². The van der Waals surface area contributed by atoms with Crippen LogP contribution in [0, 0.1) is 5.82 Å². The minimum absolute atomic E-state index is 0.00812. The molecule has 18 heavy (non-hydrogen) atoms. The molecule has 1 aromatic carbocycles. The first-order chi connectivity index (χ1) is 8.65. The van der Waals surface area contributed by atoms with Gasteiger partial charge in [0.05, 0.1) is 0 Å². The third-order valence-electron chi connectivity index (χ3n) is 3.14. The maximum atomic E-state index is 12.7. The number of rotatable bonds is 2. The monoisotopic (exact) mass is 248 g/mol. The highest BCUT2D eigenvalue weighted by Gasteiger charge is 2.18. The molecule has 0 aliphatic carbocycles. The van der Waals surface area contributed by atoms with Gasteiger partial charge in [0.15, 0.2) is 0 Å². The average Bonchev–Trinajstić information content (AvgIpc) is 2.38. The first kappa shape index (κ1) is 12.8. The van der Waals surface area contributed by atoms with E-state index in [0.717, 1.165) is 18.4 Å². The molecule has 96 valence electrons. The van der Waals surface area contributed by atoms with Crippen LogP contribution in [0.5, 0.6) is 0 Å². The van der Waals surface area contributed by atoms with Gasteiger partial charge in [-0.1, -0.05) is 12.1 Å². The molecule has 0 bridgehead atoms. The van der Waals surface area contributed by atoms with E-state index in [1.807, 2.05) is 0 Å². The second-order valence-electron chi connectivity index (χ2n) is 4.55. The molecule has 1 aliphatic heterocycles. The van der Waals surface area contributed by atoms with Crippen molar-refractivity contribution >= 4 is 12.0 Å². The van der Waals surface area contributed by atoms with Crippen LogP contribution in [-0.4, -0.2) is 29.9 Å².